The summed E-state index contributed by atoms with van der Waals surface area (Å²) in [4.78, 5) is 0. The first-order chi connectivity index (χ1) is 9.17. The van der Waals surface area contributed by atoms with E-state index in [-0.39, 0.29) is 7.43 Å². The highest BCUT2D eigenvalue weighted by atomic mass is 14.7. The van der Waals surface area contributed by atoms with Crippen LogP contribution in [0.5, 0.6) is 0 Å². The van der Waals surface area contributed by atoms with Gasteiger partial charge in [0.05, 0.1) is 5.84 Å². The lowest BCUT2D eigenvalue weighted by Gasteiger charge is -2.26. The molecule has 2 aliphatic rings. The van der Waals surface area contributed by atoms with Crippen LogP contribution in [0.2, 0.25) is 0 Å². The Labute approximate surface area is 127 Å². The molecule has 0 aliphatic heterocycles. The van der Waals surface area contributed by atoms with Gasteiger partial charge in [-0.05, 0) is 37.5 Å². The van der Waals surface area contributed by atoms with E-state index in [4.69, 9.17) is 11.1 Å². The first-order valence-corrected chi connectivity index (χ1v) is 8.51. The monoisotopic (exact) mass is 282 g/mol. The molecular weight excluding hydrogens is 244 g/mol. The van der Waals surface area contributed by atoms with Crippen molar-refractivity contribution in [3.63, 3.8) is 0 Å². The topological polar surface area (TPSA) is 49.9 Å². The van der Waals surface area contributed by atoms with E-state index in [1.165, 1.54) is 57.8 Å². The van der Waals surface area contributed by atoms with Crippen LogP contribution in [0.1, 0.15) is 91.9 Å². The van der Waals surface area contributed by atoms with Crippen LogP contribution in [0.3, 0.4) is 0 Å². The predicted octanol–water partition coefficient (Wildman–Crippen LogP) is 5.75. The molecule has 0 radical (unpaired) electrons. The molecular formula is C18H38N2. The minimum atomic E-state index is 0. The van der Waals surface area contributed by atoms with Crippen LogP contribution in [0, 0.1) is 23.2 Å². The van der Waals surface area contributed by atoms with Gasteiger partial charge in [0.25, 0.3) is 0 Å². The van der Waals surface area contributed by atoms with Crippen LogP contribution in [-0.2, 0) is 0 Å². The molecule has 0 saturated heterocycles. The fourth-order valence-electron chi connectivity index (χ4n) is 3.48. The molecule has 0 spiro atoms. The predicted molar refractivity (Wildman–Crippen MR) is 91.3 cm³/mol. The van der Waals surface area contributed by atoms with Gasteiger partial charge in [0, 0.05) is 5.92 Å². The molecule has 120 valence electrons. The molecule has 0 aromatic heterocycles. The van der Waals surface area contributed by atoms with Crippen molar-refractivity contribution in [2.24, 2.45) is 23.5 Å². The second kappa shape index (κ2) is 11.2. The third-order valence-corrected chi connectivity index (χ3v) is 5.17. The average Bonchev–Trinajstić information content (AvgIpc) is 2.48. The maximum atomic E-state index is 7.29. The number of rotatable bonds is 3. The molecule has 2 aliphatic carbocycles. The van der Waals surface area contributed by atoms with Crippen molar-refractivity contribution < 1.29 is 0 Å². The molecule has 2 rings (SSSR count). The molecule has 2 fully saturated rings. The zero-order valence-corrected chi connectivity index (χ0v) is 13.1. The fraction of sp³-hybridized carbons (Fsp3) is 0.944. The van der Waals surface area contributed by atoms with E-state index in [0.717, 1.165) is 24.7 Å². The van der Waals surface area contributed by atoms with Crippen molar-refractivity contribution in [1.82, 2.24) is 0 Å². The quantitative estimate of drug-likeness (QED) is 0.502. The van der Waals surface area contributed by atoms with Crippen molar-refractivity contribution in [1.29, 1.82) is 5.41 Å². The Kier molecular flexibility index (Phi) is 10.9. The van der Waals surface area contributed by atoms with Crippen LogP contribution in [0.4, 0.5) is 0 Å². The van der Waals surface area contributed by atoms with Gasteiger partial charge in [-0.1, -0.05) is 66.2 Å². The average molecular weight is 283 g/mol. The van der Waals surface area contributed by atoms with Gasteiger partial charge in [0.2, 0.25) is 0 Å². The van der Waals surface area contributed by atoms with Crippen LogP contribution in [0.15, 0.2) is 0 Å². The zero-order chi connectivity index (χ0) is 14.1. The highest BCUT2D eigenvalue weighted by molar-refractivity contribution is 5.79. The van der Waals surface area contributed by atoms with Gasteiger partial charge >= 0.3 is 0 Å². The van der Waals surface area contributed by atoms with Gasteiger partial charge in [0.15, 0.2) is 0 Å². The fourth-order valence-corrected chi connectivity index (χ4v) is 3.48. The zero-order valence-electron chi connectivity index (χ0n) is 13.1. The second-order valence-electron chi connectivity index (χ2n) is 6.49. The molecule has 20 heavy (non-hydrogen) atoms. The summed E-state index contributed by atoms with van der Waals surface area (Å²) in [5.41, 5.74) is 5.44. The van der Waals surface area contributed by atoms with Crippen LogP contribution in [-0.4, -0.2) is 5.84 Å². The molecule has 0 aromatic rings. The Hall–Kier alpha value is -0.530. The normalized spacial score (nSPS) is 26.9. The number of hydrogen-bond acceptors (Lipinski definition) is 1. The van der Waals surface area contributed by atoms with Gasteiger partial charge < -0.3 is 5.73 Å². The van der Waals surface area contributed by atoms with Crippen LogP contribution >= 0.6 is 0 Å². The van der Waals surface area contributed by atoms with Gasteiger partial charge in [0.1, 0.15) is 0 Å². The molecule has 0 heterocycles. The summed E-state index contributed by atoms with van der Waals surface area (Å²) in [5, 5.41) is 7.29. The molecule has 3 N–H and O–H groups in total. The van der Waals surface area contributed by atoms with Gasteiger partial charge in [-0.3, -0.25) is 5.41 Å². The summed E-state index contributed by atoms with van der Waals surface area (Å²) in [6.45, 7) is 4.56. The van der Waals surface area contributed by atoms with E-state index in [1.54, 1.807) is 0 Å². The Morgan fingerprint density at radius 3 is 1.65 bits per heavy atom. The SMILES string of the molecule is C.CCC1CCC(C(=N)N)CC1.CCC1CCCCC1. The Bertz CT molecular complexity index is 236. The second-order valence-corrected chi connectivity index (χ2v) is 6.49. The maximum Gasteiger partial charge on any atom is 0.0936 e. The van der Waals surface area contributed by atoms with Crippen molar-refractivity contribution in [3.8, 4) is 0 Å². The summed E-state index contributed by atoms with van der Waals surface area (Å²) in [5.74, 6) is 2.80. The standard InChI is InChI=1S/C9H18N2.C8H16.CH4/c1-2-7-3-5-8(6-4-7)9(10)11;1-2-8-6-4-3-5-7-8;/h7-8H,2-6H2,1H3,(H3,10,11);8H,2-7H2,1H3;1H4. The van der Waals surface area contributed by atoms with E-state index in [2.05, 4.69) is 13.8 Å². The number of hydrogen-bond donors (Lipinski definition) is 2. The first-order valence-electron chi connectivity index (χ1n) is 8.51. The lowest BCUT2D eigenvalue weighted by molar-refractivity contribution is 0.313. The molecule has 2 nitrogen and oxygen atoms in total. The van der Waals surface area contributed by atoms with Gasteiger partial charge in [-0.15, -0.1) is 0 Å². The molecule has 2 heteroatoms. The largest absolute Gasteiger partial charge is 0.387 e. The lowest BCUT2D eigenvalue weighted by Crippen LogP contribution is -2.26. The highest BCUT2D eigenvalue weighted by Crippen LogP contribution is 2.30. The summed E-state index contributed by atoms with van der Waals surface area (Å²) in [6, 6.07) is 0. The van der Waals surface area contributed by atoms with Crippen molar-refractivity contribution in [2.45, 2.75) is 91.9 Å². The highest BCUT2D eigenvalue weighted by Gasteiger charge is 2.21. The Morgan fingerprint density at radius 2 is 1.30 bits per heavy atom. The number of nitrogens with two attached hydrogens (primary N) is 1. The molecule has 2 saturated carbocycles. The Morgan fingerprint density at radius 1 is 0.850 bits per heavy atom. The van der Waals surface area contributed by atoms with E-state index in [0.29, 0.717) is 11.8 Å². The third kappa shape index (κ3) is 7.31. The molecule has 0 aromatic carbocycles. The van der Waals surface area contributed by atoms with Crippen molar-refractivity contribution in [3.05, 3.63) is 0 Å². The van der Waals surface area contributed by atoms with Crippen LogP contribution < -0.4 is 5.73 Å². The minimum absolute atomic E-state index is 0. The maximum absolute atomic E-state index is 7.29. The summed E-state index contributed by atoms with van der Waals surface area (Å²) in [7, 11) is 0. The molecule has 0 unspecified atom stereocenters. The van der Waals surface area contributed by atoms with E-state index in [1.807, 2.05) is 0 Å². The van der Waals surface area contributed by atoms with E-state index < -0.39 is 0 Å². The number of amidine groups is 1. The number of nitrogens with one attached hydrogen (secondary N) is 1. The summed E-state index contributed by atoms with van der Waals surface area (Å²) < 4.78 is 0. The molecule has 0 bridgehead atoms. The molecule has 0 amide bonds. The smallest absolute Gasteiger partial charge is 0.0936 e. The third-order valence-electron chi connectivity index (χ3n) is 5.17. The summed E-state index contributed by atoms with van der Waals surface area (Å²) >= 11 is 0. The van der Waals surface area contributed by atoms with Gasteiger partial charge in [-0.2, -0.15) is 0 Å². The van der Waals surface area contributed by atoms with E-state index in [9.17, 15) is 0 Å². The minimum Gasteiger partial charge on any atom is -0.387 e. The Balaban J connectivity index is 0.000000359. The van der Waals surface area contributed by atoms with Crippen molar-refractivity contribution in [2.75, 3.05) is 0 Å². The lowest BCUT2D eigenvalue weighted by atomic mass is 9.80. The first kappa shape index (κ1) is 19.5. The molecule has 0 atom stereocenters. The van der Waals surface area contributed by atoms with Crippen LogP contribution in [0.25, 0.3) is 0 Å². The van der Waals surface area contributed by atoms with Crippen molar-refractivity contribution >= 4 is 5.84 Å². The van der Waals surface area contributed by atoms with E-state index >= 15 is 0 Å². The summed E-state index contributed by atoms with van der Waals surface area (Å²) in [6.07, 6.45) is 15.1. The van der Waals surface area contributed by atoms with Gasteiger partial charge in [-0.25, -0.2) is 0 Å².